The number of carbonyl (C=O) groups is 1. The molecule has 0 unspecified atom stereocenters. The molecule has 0 aliphatic rings. The molecule has 25 heavy (non-hydrogen) atoms. The fourth-order valence-electron chi connectivity index (χ4n) is 2.04. The first-order valence-corrected chi connectivity index (χ1v) is 7.36. The van der Waals surface area contributed by atoms with E-state index in [1.54, 1.807) is 26.0 Å². The van der Waals surface area contributed by atoms with E-state index in [2.05, 4.69) is 15.5 Å². The predicted octanol–water partition coefficient (Wildman–Crippen LogP) is 1.35. The molecule has 10 nitrogen and oxygen atoms in total. The highest BCUT2D eigenvalue weighted by Crippen LogP contribution is 2.26. The van der Waals surface area contributed by atoms with Gasteiger partial charge in [0, 0.05) is 6.92 Å². The van der Waals surface area contributed by atoms with E-state index in [4.69, 9.17) is 4.74 Å². The number of hydrazone groups is 1. The molecule has 1 aromatic heterocycles. The van der Waals surface area contributed by atoms with E-state index in [1.165, 1.54) is 16.8 Å². The standard InChI is InChI=1S/C15H17N5O5/c1-3-25-13-6-11(4-5-12(13)21)7-17-18-14(22)9-19-10(2)16-8-15(19)20(23)24/h4-8,21H,3,9H2,1-2H3,(H,18,22)/b17-7-. The molecule has 0 atom stereocenters. The summed E-state index contributed by atoms with van der Waals surface area (Å²) in [5.41, 5.74) is 2.89. The lowest BCUT2D eigenvalue weighted by atomic mass is 10.2. The van der Waals surface area contributed by atoms with Gasteiger partial charge in [0.1, 0.15) is 6.20 Å². The predicted molar refractivity (Wildman–Crippen MR) is 88.6 cm³/mol. The normalized spacial score (nSPS) is 10.8. The van der Waals surface area contributed by atoms with E-state index in [0.717, 1.165) is 6.20 Å². The highest BCUT2D eigenvalue weighted by Gasteiger charge is 2.19. The Morgan fingerprint density at radius 2 is 2.32 bits per heavy atom. The van der Waals surface area contributed by atoms with E-state index in [9.17, 15) is 20.0 Å². The second-order valence-corrected chi connectivity index (χ2v) is 4.96. The lowest BCUT2D eigenvalue weighted by Gasteiger charge is -2.06. The Balaban J connectivity index is 2.01. The fraction of sp³-hybridized carbons (Fsp3) is 0.267. The molecule has 0 aliphatic heterocycles. The molecular weight excluding hydrogens is 330 g/mol. The van der Waals surface area contributed by atoms with Gasteiger partial charge in [-0.25, -0.2) is 15.0 Å². The van der Waals surface area contributed by atoms with Gasteiger partial charge in [0.15, 0.2) is 23.9 Å². The molecular formula is C15H17N5O5. The first kappa shape index (κ1) is 17.9. The zero-order valence-electron chi connectivity index (χ0n) is 13.7. The maximum absolute atomic E-state index is 11.9. The Kier molecular flexibility index (Phi) is 5.66. The molecule has 1 heterocycles. The van der Waals surface area contributed by atoms with Gasteiger partial charge < -0.3 is 20.0 Å². The summed E-state index contributed by atoms with van der Waals surface area (Å²) < 4.78 is 6.43. The average molecular weight is 347 g/mol. The number of benzene rings is 1. The van der Waals surface area contributed by atoms with E-state index in [0.29, 0.717) is 23.7 Å². The summed E-state index contributed by atoms with van der Waals surface area (Å²) in [5, 5.41) is 24.3. The van der Waals surface area contributed by atoms with Gasteiger partial charge in [0.05, 0.1) is 12.8 Å². The van der Waals surface area contributed by atoms with Crippen molar-refractivity contribution in [1.29, 1.82) is 0 Å². The number of rotatable bonds is 7. The van der Waals surface area contributed by atoms with Crippen molar-refractivity contribution < 1.29 is 19.6 Å². The molecule has 10 heteroatoms. The Hall–Kier alpha value is -3.43. The van der Waals surface area contributed by atoms with Crippen molar-refractivity contribution in [3.8, 4) is 11.5 Å². The number of ether oxygens (including phenoxy) is 1. The highest BCUT2D eigenvalue weighted by molar-refractivity contribution is 5.83. The Bertz CT molecular complexity index is 815. The molecule has 1 aromatic carbocycles. The smallest absolute Gasteiger partial charge is 0.343 e. The molecule has 0 fully saturated rings. The third-order valence-electron chi connectivity index (χ3n) is 3.21. The number of aromatic hydroxyl groups is 1. The van der Waals surface area contributed by atoms with Crippen molar-refractivity contribution >= 4 is 17.9 Å². The van der Waals surface area contributed by atoms with Crippen LogP contribution in [0.4, 0.5) is 5.82 Å². The molecule has 0 spiro atoms. The minimum Gasteiger partial charge on any atom is -0.504 e. The summed E-state index contributed by atoms with van der Waals surface area (Å²) in [6, 6.07) is 4.62. The zero-order valence-corrected chi connectivity index (χ0v) is 13.7. The van der Waals surface area contributed by atoms with E-state index in [-0.39, 0.29) is 18.1 Å². The summed E-state index contributed by atoms with van der Waals surface area (Å²) >= 11 is 0. The van der Waals surface area contributed by atoms with Crippen LogP contribution < -0.4 is 10.2 Å². The Morgan fingerprint density at radius 1 is 1.56 bits per heavy atom. The van der Waals surface area contributed by atoms with Crippen molar-refractivity contribution in [1.82, 2.24) is 15.0 Å². The maximum Gasteiger partial charge on any atom is 0.343 e. The second kappa shape index (κ2) is 7.90. The lowest BCUT2D eigenvalue weighted by molar-refractivity contribution is -0.392. The average Bonchev–Trinajstić information content (AvgIpc) is 2.92. The van der Waals surface area contributed by atoms with Crippen LogP contribution in [-0.2, 0) is 11.3 Å². The topological polar surface area (TPSA) is 132 Å². The molecule has 2 aromatic rings. The molecule has 0 bridgehead atoms. The number of phenolic OH excluding ortho intramolecular Hbond substituents is 1. The van der Waals surface area contributed by atoms with Crippen molar-refractivity contribution in [2.75, 3.05) is 6.61 Å². The van der Waals surface area contributed by atoms with Crippen LogP contribution in [-0.4, -0.2) is 38.3 Å². The van der Waals surface area contributed by atoms with Gasteiger partial charge in [0.25, 0.3) is 5.91 Å². The highest BCUT2D eigenvalue weighted by atomic mass is 16.6. The van der Waals surface area contributed by atoms with Gasteiger partial charge >= 0.3 is 5.82 Å². The number of aryl methyl sites for hydroxylation is 1. The van der Waals surface area contributed by atoms with Crippen LogP contribution in [0, 0.1) is 17.0 Å². The van der Waals surface area contributed by atoms with Gasteiger partial charge in [-0.15, -0.1) is 0 Å². The van der Waals surface area contributed by atoms with Crippen LogP contribution in [0.5, 0.6) is 11.5 Å². The largest absolute Gasteiger partial charge is 0.504 e. The van der Waals surface area contributed by atoms with Crippen LogP contribution in [0.25, 0.3) is 0 Å². The quantitative estimate of drug-likeness (QED) is 0.441. The number of nitrogens with zero attached hydrogens (tertiary/aromatic N) is 4. The van der Waals surface area contributed by atoms with Crippen molar-refractivity contribution in [2.45, 2.75) is 20.4 Å². The van der Waals surface area contributed by atoms with Gasteiger partial charge in [-0.3, -0.25) is 4.79 Å². The number of aromatic nitrogens is 2. The van der Waals surface area contributed by atoms with E-state index in [1.807, 2.05) is 0 Å². The Labute approximate surface area is 142 Å². The number of nitro groups is 1. The zero-order chi connectivity index (χ0) is 18.4. The summed E-state index contributed by atoms with van der Waals surface area (Å²) in [6.45, 7) is 3.47. The summed E-state index contributed by atoms with van der Waals surface area (Å²) in [6.07, 6.45) is 2.46. The number of phenols is 1. The fourth-order valence-corrected chi connectivity index (χ4v) is 2.04. The van der Waals surface area contributed by atoms with E-state index >= 15 is 0 Å². The second-order valence-electron chi connectivity index (χ2n) is 4.96. The summed E-state index contributed by atoms with van der Waals surface area (Å²) in [7, 11) is 0. The van der Waals surface area contributed by atoms with E-state index < -0.39 is 10.8 Å². The van der Waals surface area contributed by atoms with Crippen LogP contribution in [0.15, 0.2) is 29.5 Å². The molecule has 2 N–H and O–H groups in total. The SMILES string of the molecule is CCOc1cc(/C=N\NC(=O)Cn2c([N+](=O)[O-])cnc2C)ccc1O. The van der Waals surface area contributed by atoms with Gasteiger partial charge in [-0.2, -0.15) is 5.10 Å². The Morgan fingerprint density at radius 3 is 3.00 bits per heavy atom. The molecule has 2 rings (SSSR count). The number of imidazole rings is 1. The number of nitrogens with one attached hydrogen (secondary N) is 1. The van der Waals surface area contributed by atoms with Crippen molar-refractivity contribution in [3.63, 3.8) is 0 Å². The molecule has 0 saturated carbocycles. The molecule has 0 radical (unpaired) electrons. The van der Waals surface area contributed by atoms with Crippen molar-refractivity contribution in [3.05, 3.63) is 45.9 Å². The number of carbonyl (C=O) groups excluding carboxylic acids is 1. The van der Waals surface area contributed by atoms with Gasteiger partial charge in [-0.05, 0) is 35.6 Å². The van der Waals surface area contributed by atoms with Crippen LogP contribution >= 0.6 is 0 Å². The summed E-state index contributed by atoms with van der Waals surface area (Å²) in [5.74, 6) is -0.139. The van der Waals surface area contributed by atoms with Crippen molar-refractivity contribution in [2.24, 2.45) is 5.10 Å². The first-order chi connectivity index (χ1) is 11.9. The van der Waals surface area contributed by atoms with Crippen LogP contribution in [0.1, 0.15) is 18.3 Å². The van der Waals surface area contributed by atoms with Gasteiger partial charge in [0.2, 0.25) is 0 Å². The third-order valence-corrected chi connectivity index (χ3v) is 3.21. The molecule has 0 aliphatic carbocycles. The number of amides is 1. The third kappa shape index (κ3) is 4.53. The van der Waals surface area contributed by atoms with Gasteiger partial charge in [-0.1, -0.05) is 0 Å². The minimum atomic E-state index is -0.609. The molecule has 0 saturated heterocycles. The first-order valence-electron chi connectivity index (χ1n) is 7.36. The molecule has 132 valence electrons. The van der Waals surface area contributed by atoms with Crippen LogP contribution in [0.2, 0.25) is 0 Å². The number of hydrogen-bond donors (Lipinski definition) is 2. The molecule has 1 amide bonds. The lowest BCUT2D eigenvalue weighted by Crippen LogP contribution is -2.24. The number of hydrogen-bond acceptors (Lipinski definition) is 7. The monoisotopic (exact) mass is 347 g/mol. The summed E-state index contributed by atoms with van der Waals surface area (Å²) in [4.78, 5) is 26.0. The van der Waals surface area contributed by atoms with Crippen LogP contribution in [0.3, 0.4) is 0 Å². The maximum atomic E-state index is 11.9. The minimum absolute atomic E-state index is 0.00549.